The zero-order valence-electron chi connectivity index (χ0n) is 22.1. The summed E-state index contributed by atoms with van der Waals surface area (Å²) in [6.07, 6.45) is 1.79. The highest BCUT2D eigenvalue weighted by molar-refractivity contribution is 5.88. The smallest absolute Gasteiger partial charge is 0.108 e. The van der Waals surface area contributed by atoms with E-state index in [-0.39, 0.29) is 12.6 Å². The molecule has 0 saturated carbocycles. The maximum Gasteiger partial charge on any atom is 0.108 e. The molecule has 0 aliphatic heterocycles. The van der Waals surface area contributed by atoms with Crippen LogP contribution in [0.5, 0.6) is 0 Å². The van der Waals surface area contributed by atoms with Crippen LogP contribution in [0.3, 0.4) is 0 Å². The van der Waals surface area contributed by atoms with Gasteiger partial charge in [0.1, 0.15) is 5.69 Å². The van der Waals surface area contributed by atoms with E-state index in [1.165, 1.54) is 16.7 Å². The monoisotopic (exact) mass is 510 g/mol. The molecule has 0 aliphatic carbocycles. The number of nitrogens with zero attached hydrogens (tertiary/aromatic N) is 4. The van der Waals surface area contributed by atoms with Crippen LogP contribution >= 0.6 is 0 Å². The molecule has 0 fully saturated rings. The SMILES string of the molecule is Cc1ccc(-c2cc(-c3ccccc3)c(-c3ccccc3)n2-c2ccc(C(C)n3cc(CO)nn3)cc2)cc1. The van der Waals surface area contributed by atoms with Crippen LogP contribution in [-0.2, 0) is 6.61 Å². The zero-order valence-corrected chi connectivity index (χ0v) is 22.1. The molecule has 0 amide bonds. The Morgan fingerprint density at radius 1 is 0.744 bits per heavy atom. The molecule has 0 radical (unpaired) electrons. The Balaban J connectivity index is 1.54. The first-order valence-electron chi connectivity index (χ1n) is 13.2. The molecule has 0 aliphatic rings. The molecule has 192 valence electrons. The maximum absolute atomic E-state index is 9.39. The molecule has 1 atom stereocenters. The van der Waals surface area contributed by atoms with Crippen molar-refractivity contribution < 1.29 is 5.11 Å². The third-order valence-electron chi connectivity index (χ3n) is 7.23. The van der Waals surface area contributed by atoms with Gasteiger partial charge in [0, 0.05) is 11.3 Å². The molecule has 4 aromatic carbocycles. The highest BCUT2D eigenvalue weighted by Gasteiger charge is 2.21. The fourth-order valence-electron chi connectivity index (χ4n) is 5.06. The fourth-order valence-corrected chi connectivity index (χ4v) is 5.06. The predicted octanol–water partition coefficient (Wildman–Crippen LogP) is 7.48. The number of aromatic nitrogens is 4. The topological polar surface area (TPSA) is 55.9 Å². The maximum atomic E-state index is 9.39. The van der Waals surface area contributed by atoms with Crippen molar-refractivity contribution in [1.29, 1.82) is 0 Å². The lowest BCUT2D eigenvalue weighted by atomic mass is 10.0. The van der Waals surface area contributed by atoms with Crippen LogP contribution in [0.15, 0.2) is 121 Å². The number of aryl methyl sites for hydroxylation is 1. The second-order valence-electron chi connectivity index (χ2n) is 9.84. The van der Waals surface area contributed by atoms with Gasteiger partial charge in [-0.25, -0.2) is 4.68 Å². The molecule has 2 heterocycles. The van der Waals surface area contributed by atoms with Gasteiger partial charge in [-0.3, -0.25) is 0 Å². The molecule has 6 rings (SSSR count). The average molecular weight is 511 g/mol. The standard InChI is InChI=1S/C34H30N4O/c1-24-13-15-28(16-14-24)33-21-32(27-9-5-3-6-10-27)34(29-11-7-4-8-12-29)38(33)31-19-17-26(18-20-31)25(2)37-22-30(23-39)35-36-37/h3-22,25,39H,23H2,1-2H3. The van der Waals surface area contributed by atoms with Gasteiger partial charge in [0.15, 0.2) is 0 Å². The zero-order chi connectivity index (χ0) is 26.8. The van der Waals surface area contributed by atoms with E-state index < -0.39 is 0 Å². The van der Waals surface area contributed by atoms with E-state index in [1.54, 1.807) is 10.9 Å². The summed E-state index contributed by atoms with van der Waals surface area (Å²) in [6, 6.07) is 40.9. The van der Waals surface area contributed by atoms with Crippen molar-refractivity contribution in [3.05, 3.63) is 138 Å². The van der Waals surface area contributed by atoms with Gasteiger partial charge >= 0.3 is 0 Å². The first-order valence-corrected chi connectivity index (χ1v) is 13.2. The molecule has 1 N–H and O–H groups in total. The Labute approximate surface area is 228 Å². The van der Waals surface area contributed by atoms with Crippen molar-refractivity contribution >= 4 is 0 Å². The van der Waals surface area contributed by atoms with Crippen molar-refractivity contribution in [2.75, 3.05) is 0 Å². The number of aliphatic hydroxyl groups is 1. The van der Waals surface area contributed by atoms with Crippen LogP contribution in [0, 0.1) is 6.92 Å². The van der Waals surface area contributed by atoms with Crippen molar-refractivity contribution in [2.24, 2.45) is 0 Å². The van der Waals surface area contributed by atoms with Gasteiger partial charge in [0.25, 0.3) is 0 Å². The van der Waals surface area contributed by atoms with Gasteiger partial charge in [-0.15, -0.1) is 5.10 Å². The minimum absolute atomic E-state index is 0.0124. The van der Waals surface area contributed by atoms with E-state index in [4.69, 9.17) is 0 Å². The van der Waals surface area contributed by atoms with Crippen LogP contribution < -0.4 is 0 Å². The fraction of sp³-hybridized carbons (Fsp3) is 0.118. The lowest BCUT2D eigenvalue weighted by Crippen LogP contribution is -2.08. The van der Waals surface area contributed by atoms with Crippen molar-refractivity contribution in [2.45, 2.75) is 26.5 Å². The number of aliphatic hydroxyl groups excluding tert-OH is 1. The summed E-state index contributed by atoms with van der Waals surface area (Å²) in [6.45, 7) is 4.08. The molecule has 0 bridgehead atoms. The summed E-state index contributed by atoms with van der Waals surface area (Å²) >= 11 is 0. The highest BCUT2D eigenvalue weighted by atomic mass is 16.3. The lowest BCUT2D eigenvalue weighted by molar-refractivity contribution is 0.276. The number of hydrogen-bond acceptors (Lipinski definition) is 3. The molecule has 6 aromatic rings. The van der Waals surface area contributed by atoms with Gasteiger partial charge in [-0.05, 0) is 54.3 Å². The second kappa shape index (κ2) is 10.6. The van der Waals surface area contributed by atoms with Gasteiger partial charge in [-0.1, -0.05) is 108 Å². The Morgan fingerprint density at radius 2 is 1.38 bits per heavy atom. The largest absolute Gasteiger partial charge is 0.390 e. The summed E-state index contributed by atoms with van der Waals surface area (Å²) in [7, 11) is 0. The van der Waals surface area contributed by atoms with Gasteiger partial charge in [0.2, 0.25) is 0 Å². The summed E-state index contributed by atoms with van der Waals surface area (Å²) in [5.74, 6) is 0. The third kappa shape index (κ3) is 4.80. The van der Waals surface area contributed by atoms with Crippen LogP contribution in [-0.4, -0.2) is 24.7 Å². The molecular weight excluding hydrogens is 480 g/mol. The van der Waals surface area contributed by atoms with Crippen LogP contribution in [0.1, 0.15) is 29.8 Å². The van der Waals surface area contributed by atoms with E-state index in [2.05, 4.69) is 144 Å². The van der Waals surface area contributed by atoms with E-state index in [0.717, 1.165) is 33.8 Å². The number of rotatable bonds is 7. The molecule has 0 saturated heterocycles. The Kier molecular flexibility index (Phi) is 6.66. The van der Waals surface area contributed by atoms with Gasteiger partial charge in [-0.2, -0.15) is 0 Å². The summed E-state index contributed by atoms with van der Waals surface area (Å²) < 4.78 is 4.16. The molecular formula is C34H30N4O. The van der Waals surface area contributed by atoms with Crippen molar-refractivity contribution in [1.82, 2.24) is 19.6 Å². The lowest BCUT2D eigenvalue weighted by Gasteiger charge is -2.17. The normalized spacial score (nSPS) is 12.0. The van der Waals surface area contributed by atoms with Crippen LogP contribution in [0.2, 0.25) is 0 Å². The van der Waals surface area contributed by atoms with Crippen molar-refractivity contribution in [3.63, 3.8) is 0 Å². The molecule has 5 heteroatoms. The summed E-state index contributed by atoms with van der Waals surface area (Å²) in [4.78, 5) is 0. The first-order chi connectivity index (χ1) is 19.1. The van der Waals surface area contributed by atoms with Crippen LogP contribution in [0.4, 0.5) is 0 Å². The Morgan fingerprint density at radius 3 is 2.00 bits per heavy atom. The van der Waals surface area contributed by atoms with E-state index in [0.29, 0.717) is 5.69 Å². The van der Waals surface area contributed by atoms with Crippen molar-refractivity contribution in [3.8, 4) is 39.3 Å². The molecule has 5 nitrogen and oxygen atoms in total. The number of benzene rings is 4. The molecule has 2 aromatic heterocycles. The number of hydrogen-bond donors (Lipinski definition) is 1. The van der Waals surface area contributed by atoms with Gasteiger partial charge in [0.05, 0.1) is 30.2 Å². The summed E-state index contributed by atoms with van der Waals surface area (Å²) in [5, 5.41) is 17.6. The van der Waals surface area contributed by atoms with E-state index in [1.807, 2.05) is 0 Å². The van der Waals surface area contributed by atoms with E-state index >= 15 is 0 Å². The molecule has 1 unspecified atom stereocenters. The van der Waals surface area contributed by atoms with Crippen LogP contribution in [0.25, 0.3) is 39.3 Å². The third-order valence-corrected chi connectivity index (χ3v) is 7.23. The quantitative estimate of drug-likeness (QED) is 0.242. The highest BCUT2D eigenvalue weighted by Crippen LogP contribution is 2.41. The molecule has 39 heavy (non-hydrogen) atoms. The average Bonchev–Trinajstić information content (AvgIpc) is 3.64. The first kappa shape index (κ1) is 24.6. The summed E-state index contributed by atoms with van der Waals surface area (Å²) in [5.41, 5.74) is 11.0. The van der Waals surface area contributed by atoms with E-state index in [9.17, 15) is 5.11 Å². The van der Waals surface area contributed by atoms with Gasteiger partial charge < -0.3 is 9.67 Å². The minimum Gasteiger partial charge on any atom is -0.390 e. The Hall–Kier alpha value is -4.74. The molecule has 0 spiro atoms. The second-order valence-corrected chi connectivity index (χ2v) is 9.84. The Bertz CT molecular complexity index is 1680. The predicted molar refractivity (Wildman–Crippen MR) is 157 cm³/mol. The minimum atomic E-state index is -0.118.